The van der Waals surface area contributed by atoms with Crippen LogP contribution in [0.2, 0.25) is 0 Å². The van der Waals surface area contributed by atoms with E-state index in [1.54, 1.807) is 38.1 Å². The molecule has 1 heterocycles. The molecule has 3 rings (SSSR count). The number of nitrogens with one attached hydrogen (secondary N) is 2. The number of carboxylic acids is 1. The number of aliphatic carboxylic acids is 1. The smallest absolute Gasteiger partial charge is 0.313 e. The maximum atomic E-state index is 11.6. The Morgan fingerprint density at radius 2 is 1.83 bits per heavy atom. The van der Waals surface area contributed by atoms with E-state index in [9.17, 15) is 20.3 Å². The average molecular weight is 416 g/mol. The molecule has 29 heavy (non-hydrogen) atoms. The molecule has 5 N–H and O–H groups in total. The highest BCUT2D eigenvalue weighted by molar-refractivity contribution is 7.99. The van der Waals surface area contributed by atoms with Gasteiger partial charge in [-0.15, -0.1) is 5.10 Å². The van der Waals surface area contributed by atoms with Crippen molar-refractivity contribution in [1.29, 1.82) is 0 Å². The second-order valence-corrected chi connectivity index (χ2v) is 7.83. The lowest BCUT2D eigenvalue weighted by atomic mass is 9.95. The summed E-state index contributed by atoms with van der Waals surface area (Å²) < 4.78 is 0. The first kappa shape index (κ1) is 21.0. The summed E-state index contributed by atoms with van der Waals surface area (Å²) in [6.07, 6.45) is 0. The minimum Gasteiger partial charge on any atom is -0.595 e. The highest BCUT2D eigenvalue weighted by Crippen LogP contribution is 2.30. The van der Waals surface area contributed by atoms with Gasteiger partial charge >= 0.3 is 5.97 Å². The summed E-state index contributed by atoms with van der Waals surface area (Å²) in [5, 5.41) is 45.8. The minimum atomic E-state index is -1.08. The van der Waals surface area contributed by atoms with E-state index in [-0.39, 0.29) is 16.6 Å². The molecule has 152 valence electrons. The van der Waals surface area contributed by atoms with Gasteiger partial charge in [0.2, 0.25) is 5.16 Å². The van der Waals surface area contributed by atoms with Crippen LogP contribution in [0.1, 0.15) is 19.4 Å². The Labute approximate surface area is 170 Å². The third kappa shape index (κ3) is 5.19. The van der Waals surface area contributed by atoms with Crippen LogP contribution >= 0.6 is 11.8 Å². The maximum absolute atomic E-state index is 11.6. The number of quaternary nitrogens is 1. The second kappa shape index (κ2) is 8.31. The molecule has 10 heteroatoms. The van der Waals surface area contributed by atoms with E-state index in [0.29, 0.717) is 17.0 Å². The lowest BCUT2D eigenvalue weighted by molar-refractivity contribution is -0.991. The van der Waals surface area contributed by atoms with Crippen LogP contribution in [0.5, 0.6) is 0 Å². The first-order valence-corrected chi connectivity index (χ1v) is 9.61. The van der Waals surface area contributed by atoms with Gasteiger partial charge in [0.15, 0.2) is 11.5 Å². The van der Waals surface area contributed by atoms with Gasteiger partial charge < -0.3 is 15.4 Å². The fourth-order valence-electron chi connectivity index (χ4n) is 2.69. The number of aromatic amines is 1. The molecular formula is C19H20N4O5S. The summed E-state index contributed by atoms with van der Waals surface area (Å²) in [4.78, 5) is 14.9. The van der Waals surface area contributed by atoms with Crippen molar-refractivity contribution in [3.8, 4) is 22.5 Å². The molecule has 0 radical (unpaired) electrons. The van der Waals surface area contributed by atoms with E-state index < -0.39 is 16.8 Å². The third-order valence-corrected chi connectivity index (χ3v) is 5.00. The molecule has 1 atom stereocenters. The maximum Gasteiger partial charge on any atom is 0.313 e. The van der Waals surface area contributed by atoms with E-state index in [1.165, 1.54) is 6.07 Å². The van der Waals surface area contributed by atoms with Crippen molar-refractivity contribution in [2.45, 2.75) is 24.6 Å². The summed E-state index contributed by atoms with van der Waals surface area (Å²) in [6, 6.07) is 12.0. The normalized spacial score (nSPS) is 12.7. The third-order valence-electron chi connectivity index (χ3n) is 4.17. The minimum absolute atomic E-state index is 0.0835. The lowest BCUT2D eigenvalue weighted by Gasteiger charge is -2.18. The van der Waals surface area contributed by atoms with Crippen molar-refractivity contribution >= 4 is 23.4 Å². The Kier molecular flexibility index (Phi) is 6.01. The van der Waals surface area contributed by atoms with E-state index in [4.69, 9.17) is 5.11 Å². The number of rotatable bonds is 7. The molecule has 0 saturated carbocycles. The Bertz CT molecular complexity index is 1010. The van der Waals surface area contributed by atoms with E-state index in [1.807, 2.05) is 12.1 Å². The zero-order valence-corrected chi connectivity index (χ0v) is 16.5. The molecule has 0 aliphatic carbocycles. The molecule has 0 bridgehead atoms. The number of nitrogens with zero attached hydrogens (tertiary/aromatic N) is 2. The second-order valence-electron chi connectivity index (χ2n) is 6.89. The quantitative estimate of drug-likeness (QED) is 0.290. The fourth-order valence-corrected chi connectivity index (χ4v) is 3.21. The molecule has 0 amide bonds. The number of aromatic nitrogens is 3. The molecule has 1 aromatic heterocycles. The number of thioether (sulfide) groups is 1. The number of H-pyrrole nitrogens is 1. The van der Waals surface area contributed by atoms with Crippen LogP contribution in [0.3, 0.4) is 0 Å². The summed E-state index contributed by atoms with van der Waals surface area (Å²) in [5.41, 5.74) is 1.81. The van der Waals surface area contributed by atoms with Gasteiger partial charge in [0.05, 0.1) is 11.4 Å². The molecule has 1 unspecified atom stereocenters. The summed E-state index contributed by atoms with van der Waals surface area (Å²) >= 11 is 0.966. The Hall–Kier alpha value is -2.76. The van der Waals surface area contributed by atoms with Gasteiger partial charge in [0, 0.05) is 17.7 Å². The highest BCUT2D eigenvalue weighted by atomic mass is 32.2. The molecule has 9 nitrogen and oxygen atoms in total. The lowest BCUT2D eigenvalue weighted by Crippen LogP contribution is -2.99. The average Bonchev–Trinajstić information content (AvgIpc) is 3.14. The van der Waals surface area contributed by atoms with Crippen molar-refractivity contribution in [3.63, 3.8) is 0 Å². The van der Waals surface area contributed by atoms with Gasteiger partial charge in [0.1, 0.15) is 0 Å². The van der Waals surface area contributed by atoms with Crippen molar-refractivity contribution in [2.75, 3.05) is 5.75 Å². The van der Waals surface area contributed by atoms with E-state index in [0.717, 1.165) is 22.9 Å². The number of hydrogen-bond donors (Lipinski definition) is 5. The number of hydrogen-bond acceptors (Lipinski definition) is 7. The van der Waals surface area contributed by atoms with Crippen LogP contribution in [0.25, 0.3) is 22.5 Å². The number of benzene rings is 2. The monoisotopic (exact) mass is 416 g/mol. The summed E-state index contributed by atoms with van der Waals surface area (Å²) in [7, 11) is 0. The Morgan fingerprint density at radius 3 is 2.41 bits per heavy atom. The predicted molar refractivity (Wildman–Crippen MR) is 107 cm³/mol. The zero-order valence-electron chi connectivity index (χ0n) is 15.7. The van der Waals surface area contributed by atoms with Crippen LogP contribution in [-0.2, 0) is 10.4 Å². The molecule has 0 saturated heterocycles. The molecule has 0 aliphatic heterocycles. The van der Waals surface area contributed by atoms with E-state index in [2.05, 4.69) is 15.2 Å². The first-order valence-electron chi connectivity index (χ1n) is 8.62. The van der Waals surface area contributed by atoms with Crippen LogP contribution in [0, 0.1) is 5.21 Å². The molecular weight excluding hydrogens is 396 g/mol. The van der Waals surface area contributed by atoms with Gasteiger partial charge in [-0.25, -0.2) is 10.2 Å². The van der Waals surface area contributed by atoms with Crippen LogP contribution < -0.4 is 5.23 Å². The van der Waals surface area contributed by atoms with Gasteiger partial charge in [-0.3, -0.25) is 9.89 Å². The van der Waals surface area contributed by atoms with Crippen LogP contribution in [0.15, 0.2) is 47.6 Å². The largest absolute Gasteiger partial charge is 0.595 e. The van der Waals surface area contributed by atoms with Crippen molar-refractivity contribution in [2.24, 2.45) is 0 Å². The summed E-state index contributed by atoms with van der Waals surface area (Å²) in [5.74, 6) is -0.813. The van der Waals surface area contributed by atoms with Gasteiger partial charge in [-0.05, 0) is 36.6 Å². The molecule has 3 aromatic rings. The highest BCUT2D eigenvalue weighted by Gasteiger charge is 2.17. The van der Waals surface area contributed by atoms with Crippen molar-refractivity contribution in [3.05, 3.63) is 53.2 Å². The standard InChI is InChI=1S/C19H20N4O5S/c1-19(2,26)14-5-3-11(4-6-14)12-7-13(9-15(8-12)23(27)28)17-20-18(22-21-17)29-10-16(24)25/h3-9,23,26-27H,10H2,1-2H3,(H,24,25)(H,20,21,22). The van der Waals surface area contributed by atoms with Crippen LogP contribution in [-0.4, -0.2) is 42.3 Å². The SMILES string of the molecule is CC(C)(O)c1ccc(-c2cc(-c3nc(SCC(=O)O)n[nH]3)cc([NH+]([O-])O)c2)cc1. The first-order chi connectivity index (χ1) is 13.6. The van der Waals surface area contributed by atoms with Crippen LogP contribution in [0.4, 0.5) is 5.69 Å². The van der Waals surface area contributed by atoms with Crippen molar-refractivity contribution < 1.29 is 25.4 Å². The van der Waals surface area contributed by atoms with Gasteiger partial charge in [-0.1, -0.05) is 36.0 Å². The summed E-state index contributed by atoms with van der Waals surface area (Å²) in [6.45, 7) is 3.38. The Morgan fingerprint density at radius 1 is 1.17 bits per heavy atom. The molecule has 0 fully saturated rings. The number of aliphatic hydroxyl groups is 1. The van der Waals surface area contributed by atoms with Gasteiger partial charge in [-0.2, -0.15) is 5.23 Å². The number of carboxylic acid groups (broad SMARTS) is 1. The number of carbonyl (C=O) groups is 1. The van der Waals surface area contributed by atoms with Gasteiger partial charge in [0.25, 0.3) is 0 Å². The molecule has 0 aliphatic rings. The fraction of sp³-hybridized carbons (Fsp3) is 0.211. The Balaban J connectivity index is 1.97. The molecule has 0 spiro atoms. The van der Waals surface area contributed by atoms with E-state index >= 15 is 0 Å². The van der Waals surface area contributed by atoms with Crippen molar-refractivity contribution in [1.82, 2.24) is 15.2 Å². The topological polar surface area (TPSA) is 147 Å². The molecule has 2 aromatic carbocycles. The predicted octanol–water partition coefficient (Wildman–Crippen LogP) is 1.95. The zero-order chi connectivity index (χ0) is 21.2.